The first-order valence-electron chi connectivity index (χ1n) is 7.86. The zero-order valence-electron chi connectivity index (χ0n) is 12.8. The summed E-state index contributed by atoms with van der Waals surface area (Å²) < 4.78 is 0. The van der Waals surface area contributed by atoms with Crippen LogP contribution in [-0.4, -0.2) is 41.8 Å². The Kier molecular flexibility index (Phi) is 4.39. The molecule has 5 heteroatoms. The molecule has 2 saturated heterocycles. The maximum absolute atomic E-state index is 12.8. The van der Waals surface area contributed by atoms with Crippen LogP contribution in [0.1, 0.15) is 37.3 Å². The van der Waals surface area contributed by atoms with E-state index in [9.17, 15) is 9.59 Å². The Morgan fingerprint density at radius 1 is 1.27 bits per heavy atom. The van der Waals surface area contributed by atoms with Crippen molar-refractivity contribution in [2.45, 2.75) is 31.7 Å². The first kappa shape index (κ1) is 15.3. The second-order valence-corrected chi connectivity index (χ2v) is 6.69. The van der Waals surface area contributed by atoms with Gasteiger partial charge in [0, 0.05) is 37.5 Å². The van der Waals surface area contributed by atoms with E-state index in [1.807, 2.05) is 29.2 Å². The molecule has 0 unspecified atom stereocenters. The number of nitrogens with zero attached hydrogens (tertiary/aromatic N) is 2. The summed E-state index contributed by atoms with van der Waals surface area (Å²) in [7, 11) is 1.80. The van der Waals surface area contributed by atoms with Gasteiger partial charge in [0.1, 0.15) is 0 Å². The quantitative estimate of drug-likeness (QED) is 0.840. The molecule has 2 aliphatic heterocycles. The van der Waals surface area contributed by atoms with Crippen molar-refractivity contribution in [3.05, 3.63) is 34.9 Å². The van der Waals surface area contributed by atoms with E-state index >= 15 is 0 Å². The monoisotopic (exact) mass is 320 g/mol. The van der Waals surface area contributed by atoms with Gasteiger partial charge in [0.05, 0.1) is 6.04 Å². The minimum absolute atomic E-state index is 0.0723. The fourth-order valence-electron chi connectivity index (χ4n) is 3.48. The van der Waals surface area contributed by atoms with Crippen molar-refractivity contribution in [1.29, 1.82) is 0 Å². The molecule has 0 N–H and O–H groups in total. The Morgan fingerprint density at radius 2 is 2.09 bits per heavy atom. The molecule has 0 radical (unpaired) electrons. The van der Waals surface area contributed by atoms with E-state index in [0.29, 0.717) is 18.0 Å². The van der Waals surface area contributed by atoms with Gasteiger partial charge in [-0.1, -0.05) is 23.7 Å². The summed E-state index contributed by atoms with van der Waals surface area (Å²) in [5.41, 5.74) is 1.10. The van der Waals surface area contributed by atoms with Crippen molar-refractivity contribution in [2.75, 3.05) is 20.1 Å². The van der Waals surface area contributed by atoms with E-state index in [1.54, 1.807) is 11.9 Å². The minimum atomic E-state index is -0.163. The Hall–Kier alpha value is -1.55. The van der Waals surface area contributed by atoms with E-state index in [2.05, 4.69) is 0 Å². The lowest BCUT2D eigenvalue weighted by molar-refractivity contribution is -0.145. The summed E-state index contributed by atoms with van der Waals surface area (Å²) >= 11 is 6.08. The average molecular weight is 321 g/mol. The number of hydrogen-bond donors (Lipinski definition) is 0. The molecular formula is C17H21ClN2O2. The standard InChI is InChI=1S/C17H21ClN2O2/c1-19-9-7-13(11-16(19)21)17(22)20-8-3-6-15(20)12-4-2-5-14(18)10-12/h2,4-5,10,13,15H,3,6-9,11H2,1H3/t13-,15+/m0/s1. The average Bonchev–Trinajstić information content (AvgIpc) is 2.99. The summed E-state index contributed by atoms with van der Waals surface area (Å²) in [5, 5.41) is 0.700. The molecule has 1 aromatic carbocycles. The molecule has 3 rings (SSSR count). The lowest BCUT2D eigenvalue weighted by Gasteiger charge is -2.33. The summed E-state index contributed by atoms with van der Waals surface area (Å²) in [5.74, 6) is 0.0375. The van der Waals surface area contributed by atoms with Crippen molar-refractivity contribution < 1.29 is 9.59 Å². The number of hydrogen-bond acceptors (Lipinski definition) is 2. The normalized spacial score (nSPS) is 25.6. The van der Waals surface area contributed by atoms with E-state index in [1.165, 1.54) is 0 Å². The van der Waals surface area contributed by atoms with Crippen LogP contribution in [0.3, 0.4) is 0 Å². The van der Waals surface area contributed by atoms with Gasteiger partial charge in [0.2, 0.25) is 11.8 Å². The fourth-order valence-corrected chi connectivity index (χ4v) is 3.68. The van der Waals surface area contributed by atoms with Crippen molar-refractivity contribution in [3.8, 4) is 0 Å². The van der Waals surface area contributed by atoms with Crippen LogP contribution in [0, 0.1) is 5.92 Å². The SMILES string of the molecule is CN1CC[C@H](C(=O)N2CCC[C@@H]2c2cccc(Cl)c2)CC1=O. The maximum atomic E-state index is 12.8. The van der Waals surface area contributed by atoms with Gasteiger partial charge in [-0.3, -0.25) is 9.59 Å². The number of benzene rings is 1. The number of carbonyl (C=O) groups excluding carboxylic acids is 2. The first-order valence-corrected chi connectivity index (χ1v) is 8.24. The van der Waals surface area contributed by atoms with Gasteiger partial charge in [-0.05, 0) is 37.0 Å². The Labute approximate surface area is 136 Å². The van der Waals surface area contributed by atoms with Crippen LogP contribution >= 0.6 is 11.6 Å². The third-order valence-corrected chi connectivity index (χ3v) is 5.01. The molecule has 0 aliphatic carbocycles. The Balaban J connectivity index is 1.75. The molecule has 2 fully saturated rings. The molecule has 0 spiro atoms. The smallest absolute Gasteiger partial charge is 0.226 e. The molecule has 2 amide bonds. The van der Waals surface area contributed by atoms with E-state index in [4.69, 9.17) is 11.6 Å². The molecule has 1 aromatic rings. The third kappa shape index (κ3) is 2.98. The van der Waals surface area contributed by atoms with Crippen molar-refractivity contribution in [1.82, 2.24) is 9.80 Å². The van der Waals surface area contributed by atoms with Crippen molar-refractivity contribution >= 4 is 23.4 Å². The van der Waals surface area contributed by atoms with Gasteiger partial charge in [0.25, 0.3) is 0 Å². The van der Waals surface area contributed by atoms with Crippen LogP contribution < -0.4 is 0 Å². The van der Waals surface area contributed by atoms with Crippen molar-refractivity contribution in [3.63, 3.8) is 0 Å². The van der Waals surface area contributed by atoms with Crippen LogP contribution in [0.4, 0.5) is 0 Å². The van der Waals surface area contributed by atoms with E-state index in [0.717, 1.165) is 31.4 Å². The largest absolute Gasteiger partial charge is 0.346 e. The lowest BCUT2D eigenvalue weighted by atomic mass is 9.94. The van der Waals surface area contributed by atoms with Crippen LogP contribution in [0.2, 0.25) is 5.02 Å². The fraction of sp³-hybridized carbons (Fsp3) is 0.529. The molecular weight excluding hydrogens is 300 g/mol. The summed E-state index contributed by atoms with van der Waals surface area (Å²) in [4.78, 5) is 28.4. The maximum Gasteiger partial charge on any atom is 0.226 e. The highest BCUT2D eigenvalue weighted by Gasteiger charge is 2.36. The van der Waals surface area contributed by atoms with Gasteiger partial charge in [-0.25, -0.2) is 0 Å². The van der Waals surface area contributed by atoms with Crippen LogP contribution in [0.5, 0.6) is 0 Å². The van der Waals surface area contributed by atoms with Crippen LogP contribution in [0.15, 0.2) is 24.3 Å². The molecule has 0 bridgehead atoms. The number of amides is 2. The molecule has 4 nitrogen and oxygen atoms in total. The number of carbonyl (C=O) groups is 2. The predicted molar refractivity (Wildman–Crippen MR) is 85.5 cm³/mol. The summed E-state index contributed by atoms with van der Waals surface area (Å²) in [6.45, 7) is 1.45. The second kappa shape index (κ2) is 6.29. The third-order valence-electron chi connectivity index (χ3n) is 4.78. The number of piperidine rings is 1. The highest BCUT2D eigenvalue weighted by Crippen LogP contribution is 2.35. The van der Waals surface area contributed by atoms with Crippen LogP contribution in [-0.2, 0) is 9.59 Å². The van der Waals surface area contributed by atoms with Crippen molar-refractivity contribution in [2.24, 2.45) is 5.92 Å². The Morgan fingerprint density at radius 3 is 2.82 bits per heavy atom. The van der Waals surface area contributed by atoms with Crippen LogP contribution in [0.25, 0.3) is 0 Å². The molecule has 0 aromatic heterocycles. The molecule has 22 heavy (non-hydrogen) atoms. The highest BCUT2D eigenvalue weighted by molar-refractivity contribution is 6.30. The Bertz CT molecular complexity index is 590. The van der Waals surface area contributed by atoms with Gasteiger partial charge < -0.3 is 9.80 Å². The number of halogens is 1. The minimum Gasteiger partial charge on any atom is -0.346 e. The lowest BCUT2D eigenvalue weighted by Crippen LogP contribution is -2.43. The molecule has 2 aliphatic rings. The first-order chi connectivity index (χ1) is 10.6. The zero-order valence-corrected chi connectivity index (χ0v) is 13.6. The predicted octanol–water partition coefficient (Wildman–Crippen LogP) is 2.87. The second-order valence-electron chi connectivity index (χ2n) is 6.25. The molecule has 2 heterocycles. The van der Waals surface area contributed by atoms with E-state index < -0.39 is 0 Å². The zero-order chi connectivity index (χ0) is 15.7. The van der Waals surface area contributed by atoms with Gasteiger partial charge in [-0.15, -0.1) is 0 Å². The van der Waals surface area contributed by atoms with Gasteiger partial charge in [0.15, 0.2) is 0 Å². The highest BCUT2D eigenvalue weighted by atomic mass is 35.5. The molecule has 118 valence electrons. The number of rotatable bonds is 2. The summed E-state index contributed by atoms with van der Waals surface area (Å²) in [6, 6.07) is 7.85. The summed E-state index contributed by atoms with van der Waals surface area (Å²) in [6.07, 6.45) is 3.07. The molecule has 2 atom stereocenters. The topological polar surface area (TPSA) is 40.6 Å². The van der Waals surface area contributed by atoms with Gasteiger partial charge in [-0.2, -0.15) is 0 Å². The van der Waals surface area contributed by atoms with E-state index in [-0.39, 0.29) is 23.8 Å². The van der Waals surface area contributed by atoms with Gasteiger partial charge >= 0.3 is 0 Å². The molecule has 0 saturated carbocycles. The number of likely N-dealkylation sites (tertiary alicyclic amines) is 2.